The van der Waals surface area contributed by atoms with Crippen molar-refractivity contribution in [3.8, 4) is 11.3 Å². The molecule has 3 aromatic rings. The molecule has 4 heteroatoms. The van der Waals surface area contributed by atoms with Gasteiger partial charge in [0.15, 0.2) is 0 Å². The van der Waals surface area contributed by atoms with Crippen molar-refractivity contribution in [3.05, 3.63) is 52.0 Å². The number of aromatic nitrogens is 1. The van der Waals surface area contributed by atoms with Crippen molar-refractivity contribution in [1.82, 2.24) is 4.98 Å². The zero-order chi connectivity index (χ0) is 13.7. The van der Waals surface area contributed by atoms with Gasteiger partial charge in [0.05, 0.1) is 12.3 Å². The Morgan fingerprint density at radius 2 is 2.10 bits per heavy atom. The van der Waals surface area contributed by atoms with Gasteiger partial charge in [-0.25, -0.2) is 0 Å². The highest BCUT2D eigenvalue weighted by Gasteiger charge is 2.21. The zero-order valence-corrected chi connectivity index (χ0v) is 13.0. The fourth-order valence-corrected chi connectivity index (χ4v) is 4.39. The first-order valence-electron chi connectivity index (χ1n) is 6.43. The van der Waals surface area contributed by atoms with Crippen LogP contribution in [0.15, 0.2) is 45.8 Å². The summed E-state index contributed by atoms with van der Waals surface area (Å²) in [5.41, 5.74) is 5.93. The van der Waals surface area contributed by atoms with E-state index in [0.29, 0.717) is 0 Å². The minimum absolute atomic E-state index is 0.0899. The Bertz CT molecular complexity index is 825. The minimum Gasteiger partial charge on any atom is -0.392 e. The Morgan fingerprint density at radius 1 is 1.20 bits per heavy atom. The van der Waals surface area contributed by atoms with Gasteiger partial charge < -0.3 is 10.1 Å². The van der Waals surface area contributed by atoms with Gasteiger partial charge in [-0.3, -0.25) is 0 Å². The highest BCUT2D eigenvalue weighted by Crippen LogP contribution is 2.44. The third-order valence-corrected chi connectivity index (χ3v) is 5.31. The number of aliphatic hydroxyl groups is 1. The van der Waals surface area contributed by atoms with Crippen LogP contribution >= 0.6 is 27.7 Å². The molecule has 1 aliphatic heterocycles. The van der Waals surface area contributed by atoms with E-state index in [0.717, 1.165) is 21.3 Å². The lowest BCUT2D eigenvalue weighted by Gasteiger charge is -2.16. The van der Waals surface area contributed by atoms with Crippen LogP contribution in [0.3, 0.4) is 0 Å². The van der Waals surface area contributed by atoms with Crippen LogP contribution in [-0.4, -0.2) is 10.1 Å². The first kappa shape index (κ1) is 12.5. The molecule has 0 atom stereocenters. The number of halogens is 1. The van der Waals surface area contributed by atoms with E-state index in [-0.39, 0.29) is 6.61 Å². The third kappa shape index (κ3) is 1.83. The molecule has 0 spiro atoms. The summed E-state index contributed by atoms with van der Waals surface area (Å²) in [6.45, 7) is 0.0899. The molecule has 0 bridgehead atoms. The maximum absolute atomic E-state index is 9.31. The second-order valence-electron chi connectivity index (χ2n) is 4.95. The molecule has 2 N–H and O–H groups in total. The van der Waals surface area contributed by atoms with Crippen molar-refractivity contribution in [2.24, 2.45) is 0 Å². The number of hydrogen-bond acceptors (Lipinski definition) is 2. The van der Waals surface area contributed by atoms with Gasteiger partial charge in [0.2, 0.25) is 0 Å². The van der Waals surface area contributed by atoms with Crippen molar-refractivity contribution >= 4 is 38.6 Å². The predicted octanol–water partition coefficient (Wildman–Crippen LogP) is 4.70. The van der Waals surface area contributed by atoms with Gasteiger partial charge in [0, 0.05) is 31.6 Å². The molecule has 1 aromatic heterocycles. The Kier molecular flexibility index (Phi) is 2.91. The molecule has 0 fully saturated rings. The minimum atomic E-state index is 0.0899. The number of hydrogen-bond donors (Lipinski definition) is 2. The van der Waals surface area contributed by atoms with Crippen LogP contribution in [-0.2, 0) is 12.4 Å². The average molecular weight is 346 g/mol. The van der Waals surface area contributed by atoms with Crippen LogP contribution < -0.4 is 0 Å². The summed E-state index contributed by atoms with van der Waals surface area (Å²) in [4.78, 5) is 4.84. The summed E-state index contributed by atoms with van der Waals surface area (Å²) in [6.07, 6.45) is 0. The Balaban J connectivity index is 1.99. The quantitative estimate of drug-likeness (QED) is 0.670. The SMILES string of the molecule is OCc1ccc2[nH]c3c(c2c1)CSc1cc(Br)ccc1-3. The molecule has 2 heterocycles. The molecule has 0 amide bonds. The van der Waals surface area contributed by atoms with E-state index in [4.69, 9.17) is 0 Å². The molecule has 0 aliphatic carbocycles. The summed E-state index contributed by atoms with van der Waals surface area (Å²) in [7, 11) is 0. The molecule has 0 saturated heterocycles. The Labute approximate surface area is 129 Å². The number of benzene rings is 2. The summed E-state index contributed by atoms with van der Waals surface area (Å²) < 4.78 is 1.12. The molecule has 100 valence electrons. The molecular formula is C16H12BrNOS. The van der Waals surface area contributed by atoms with Crippen molar-refractivity contribution in [2.45, 2.75) is 17.3 Å². The van der Waals surface area contributed by atoms with E-state index in [9.17, 15) is 5.11 Å². The Morgan fingerprint density at radius 3 is 2.95 bits per heavy atom. The van der Waals surface area contributed by atoms with E-state index < -0.39 is 0 Å². The van der Waals surface area contributed by atoms with Crippen LogP contribution in [0.2, 0.25) is 0 Å². The number of aliphatic hydroxyl groups excluding tert-OH is 1. The predicted molar refractivity (Wildman–Crippen MR) is 86.9 cm³/mol. The van der Waals surface area contributed by atoms with Crippen molar-refractivity contribution in [3.63, 3.8) is 0 Å². The van der Waals surface area contributed by atoms with E-state index in [1.165, 1.54) is 27.1 Å². The molecular weight excluding hydrogens is 334 g/mol. The second kappa shape index (κ2) is 4.65. The molecule has 4 rings (SSSR count). The Hall–Kier alpha value is -1.23. The number of H-pyrrole nitrogens is 1. The van der Waals surface area contributed by atoms with Gasteiger partial charge >= 0.3 is 0 Å². The fraction of sp³-hybridized carbons (Fsp3) is 0.125. The van der Waals surface area contributed by atoms with E-state index >= 15 is 0 Å². The van der Waals surface area contributed by atoms with Gasteiger partial charge in [-0.15, -0.1) is 11.8 Å². The lowest BCUT2D eigenvalue weighted by atomic mass is 10.0. The number of aromatic amines is 1. The summed E-state index contributed by atoms with van der Waals surface area (Å²) in [5, 5.41) is 10.5. The lowest BCUT2D eigenvalue weighted by molar-refractivity contribution is 0.282. The molecule has 0 unspecified atom stereocenters. The molecule has 2 nitrogen and oxygen atoms in total. The smallest absolute Gasteiger partial charge is 0.0682 e. The summed E-state index contributed by atoms with van der Waals surface area (Å²) in [6, 6.07) is 12.5. The maximum atomic E-state index is 9.31. The molecule has 20 heavy (non-hydrogen) atoms. The summed E-state index contributed by atoms with van der Waals surface area (Å²) >= 11 is 5.40. The topological polar surface area (TPSA) is 36.0 Å². The van der Waals surface area contributed by atoms with Gasteiger partial charge in [-0.2, -0.15) is 0 Å². The number of rotatable bonds is 1. The van der Waals surface area contributed by atoms with Crippen LogP contribution in [0.1, 0.15) is 11.1 Å². The van der Waals surface area contributed by atoms with Gasteiger partial charge in [-0.05, 0) is 35.4 Å². The van der Waals surface area contributed by atoms with Crippen molar-refractivity contribution in [2.75, 3.05) is 0 Å². The average Bonchev–Trinajstić information content (AvgIpc) is 2.84. The van der Waals surface area contributed by atoms with Gasteiger partial charge in [-0.1, -0.05) is 28.1 Å². The second-order valence-corrected chi connectivity index (χ2v) is 6.88. The number of fused-ring (bicyclic) bond motifs is 5. The maximum Gasteiger partial charge on any atom is 0.0682 e. The highest BCUT2D eigenvalue weighted by atomic mass is 79.9. The zero-order valence-electron chi connectivity index (χ0n) is 10.6. The first-order valence-corrected chi connectivity index (χ1v) is 8.21. The van der Waals surface area contributed by atoms with E-state index in [1.54, 1.807) is 0 Å². The lowest BCUT2D eigenvalue weighted by Crippen LogP contribution is -1.94. The summed E-state index contributed by atoms with van der Waals surface area (Å²) in [5.74, 6) is 0.966. The van der Waals surface area contributed by atoms with Gasteiger partial charge in [0.1, 0.15) is 0 Å². The number of nitrogens with one attached hydrogen (secondary N) is 1. The molecule has 1 aliphatic rings. The van der Waals surface area contributed by atoms with E-state index in [2.05, 4.69) is 51.2 Å². The van der Waals surface area contributed by atoms with Gasteiger partial charge in [0.25, 0.3) is 0 Å². The largest absolute Gasteiger partial charge is 0.392 e. The monoisotopic (exact) mass is 345 g/mol. The fourth-order valence-electron chi connectivity index (χ4n) is 2.75. The first-order chi connectivity index (χ1) is 9.76. The van der Waals surface area contributed by atoms with Crippen LogP contribution in [0.5, 0.6) is 0 Å². The molecule has 2 aromatic carbocycles. The van der Waals surface area contributed by atoms with Crippen LogP contribution in [0, 0.1) is 0 Å². The normalized spacial score (nSPS) is 13.3. The molecule has 0 saturated carbocycles. The van der Waals surface area contributed by atoms with Crippen molar-refractivity contribution < 1.29 is 5.11 Å². The van der Waals surface area contributed by atoms with E-state index in [1.807, 2.05) is 17.8 Å². The van der Waals surface area contributed by atoms with Crippen LogP contribution in [0.25, 0.3) is 22.2 Å². The molecule has 0 radical (unpaired) electrons. The highest BCUT2D eigenvalue weighted by molar-refractivity contribution is 9.10. The van der Waals surface area contributed by atoms with Crippen molar-refractivity contribution in [1.29, 1.82) is 0 Å². The van der Waals surface area contributed by atoms with Crippen LogP contribution in [0.4, 0.5) is 0 Å². The number of thioether (sulfide) groups is 1. The standard InChI is InChI=1S/C16H12BrNOS/c17-10-2-3-11-15(6-10)20-8-13-12-5-9(7-19)1-4-14(12)18-16(11)13/h1-6,18-19H,7-8H2. The third-order valence-electron chi connectivity index (χ3n) is 3.74.